The molecule has 0 bridgehead atoms. The van der Waals surface area contributed by atoms with Crippen LogP contribution in [0, 0.1) is 0 Å². The van der Waals surface area contributed by atoms with Gasteiger partial charge in [0, 0.05) is 38.2 Å². The van der Waals surface area contributed by atoms with Gasteiger partial charge in [-0.2, -0.15) is 0 Å². The maximum atomic E-state index is 4.67. The molecule has 0 radical (unpaired) electrons. The van der Waals surface area contributed by atoms with Gasteiger partial charge in [0.25, 0.3) is 0 Å². The lowest BCUT2D eigenvalue weighted by Crippen LogP contribution is -2.08. The third kappa shape index (κ3) is 3.16. The highest BCUT2D eigenvalue weighted by Gasteiger charge is 2.06. The van der Waals surface area contributed by atoms with Crippen LogP contribution in [0.4, 0.5) is 5.69 Å². The molecule has 4 aromatic rings. The molecule has 4 heteroatoms. The van der Waals surface area contributed by atoms with Crippen molar-refractivity contribution < 1.29 is 0 Å². The predicted molar refractivity (Wildman–Crippen MR) is 114 cm³/mol. The average molecular weight is 359 g/mol. The lowest BCUT2D eigenvalue weighted by molar-refractivity contribution is 0.924. The van der Waals surface area contributed by atoms with Crippen LogP contribution in [0.3, 0.4) is 0 Å². The fourth-order valence-corrected chi connectivity index (χ4v) is 3.90. The van der Waals surface area contributed by atoms with Crippen molar-refractivity contribution >= 4 is 39.4 Å². The van der Waals surface area contributed by atoms with Crippen molar-refractivity contribution in [2.45, 2.75) is 0 Å². The van der Waals surface area contributed by atoms with Gasteiger partial charge >= 0.3 is 0 Å². The molecule has 0 unspecified atom stereocenters. The summed E-state index contributed by atoms with van der Waals surface area (Å²) in [7, 11) is 6.22. The SMILES string of the molecule is CN(C)c1ccc(-c2ccc(/C=C/c3nc4ccccc4s3)n2C)cc1. The van der Waals surface area contributed by atoms with E-state index < -0.39 is 0 Å². The van der Waals surface area contributed by atoms with Gasteiger partial charge in [-0.25, -0.2) is 4.98 Å². The number of hydrogen-bond acceptors (Lipinski definition) is 3. The lowest BCUT2D eigenvalue weighted by Gasteiger charge is -2.13. The highest BCUT2D eigenvalue weighted by Crippen LogP contribution is 2.26. The summed E-state index contributed by atoms with van der Waals surface area (Å²) in [6.07, 6.45) is 4.23. The largest absolute Gasteiger partial charge is 0.378 e. The summed E-state index contributed by atoms with van der Waals surface area (Å²) in [5, 5.41) is 1.03. The first-order valence-electron chi connectivity index (χ1n) is 8.59. The summed E-state index contributed by atoms with van der Waals surface area (Å²) in [4.78, 5) is 6.78. The highest BCUT2D eigenvalue weighted by molar-refractivity contribution is 7.19. The number of nitrogens with zero attached hydrogens (tertiary/aromatic N) is 3. The molecule has 2 heterocycles. The Hall–Kier alpha value is -2.85. The topological polar surface area (TPSA) is 21.1 Å². The van der Waals surface area contributed by atoms with Crippen LogP contribution in [0.2, 0.25) is 0 Å². The van der Waals surface area contributed by atoms with Crippen LogP contribution in [-0.4, -0.2) is 23.6 Å². The van der Waals surface area contributed by atoms with Crippen LogP contribution in [-0.2, 0) is 7.05 Å². The summed E-state index contributed by atoms with van der Waals surface area (Å²) >= 11 is 1.72. The van der Waals surface area contributed by atoms with Crippen molar-refractivity contribution in [2.75, 3.05) is 19.0 Å². The smallest absolute Gasteiger partial charge is 0.117 e. The van der Waals surface area contributed by atoms with Gasteiger partial charge in [-0.3, -0.25) is 0 Å². The zero-order chi connectivity index (χ0) is 18.1. The van der Waals surface area contributed by atoms with Crippen LogP contribution >= 0.6 is 11.3 Å². The van der Waals surface area contributed by atoms with Crippen molar-refractivity contribution in [2.24, 2.45) is 7.05 Å². The maximum Gasteiger partial charge on any atom is 0.117 e. The van der Waals surface area contributed by atoms with Gasteiger partial charge in [0.05, 0.1) is 10.2 Å². The molecule has 4 rings (SSSR count). The van der Waals surface area contributed by atoms with E-state index in [2.05, 4.69) is 102 Å². The Morgan fingerprint density at radius 1 is 0.923 bits per heavy atom. The Morgan fingerprint density at radius 2 is 1.69 bits per heavy atom. The summed E-state index contributed by atoms with van der Waals surface area (Å²) in [5.74, 6) is 0. The van der Waals surface area contributed by atoms with E-state index in [4.69, 9.17) is 0 Å². The van der Waals surface area contributed by atoms with Gasteiger partial charge in [-0.15, -0.1) is 11.3 Å². The molecule has 130 valence electrons. The molecule has 26 heavy (non-hydrogen) atoms. The molecule has 0 amide bonds. The number of para-hydroxylation sites is 1. The van der Waals surface area contributed by atoms with E-state index in [1.54, 1.807) is 11.3 Å². The molecule has 2 aromatic heterocycles. The van der Waals surface area contributed by atoms with Crippen molar-refractivity contribution in [3.63, 3.8) is 0 Å². The van der Waals surface area contributed by atoms with Crippen LogP contribution in [0.15, 0.2) is 60.7 Å². The molecular weight excluding hydrogens is 338 g/mol. The molecule has 0 aliphatic carbocycles. The molecule has 0 saturated heterocycles. The zero-order valence-electron chi connectivity index (χ0n) is 15.2. The average Bonchev–Trinajstić information content (AvgIpc) is 3.23. The standard InChI is InChI=1S/C22H21N3S/c1-24(2)17-10-8-16(9-11-17)20-14-12-18(25(20)3)13-15-22-23-19-6-4-5-7-21(19)26-22/h4-15H,1-3H3/b15-13+. The van der Waals surface area contributed by atoms with Gasteiger partial charge in [0.15, 0.2) is 0 Å². The minimum atomic E-state index is 1.03. The molecule has 3 nitrogen and oxygen atoms in total. The van der Waals surface area contributed by atoms with E-state index in [-0.39, 0.29) is 0 Å². The number of benzene rings is 2. The molecule has 0 saturated carbocycles. The summed E-state index contributed by atoms with van der Waals surface area (Å²) in [6, 6.07) is 21.2. The molecule has 0 N–H and O–H groups in total. The Balaban J connectivity index is 1.60. The molecule has 0 aliphatic heterocycles. The third-order valence-corrected chi connectivity index (χ3v) is 5.55. The summed E-state index contributed by atoms with van der Waals surface area (Å²) in [6.45, 7) is 0. The van der Waals surface area contributed by atoms with Crippen molar-refractivity contribution in [3.8, 4) is 11.3 Å². The molecule has 0 atom stereocenters. The maximum absolute atomic E-state index is 4.67. The van der Waals surface area contributed by atoms with Gasteiger partial charge in [0.1, 0.15) is 5.01 Å². The van der Waals surface area contributed by atoms with E-state index in [9.17, 15) is 0 Å². The van der Waals surface area contributed by atoms with Crippen molar-refractivity contribution in [1.82, 2.24) is 9.55 Å². The van der Waals surface area contributed by atoms with Gasteiger partial charge in [0.2, 0.25) is 0 Å². The number of hydrogen-bond donors (Lipinski definition) is 0. The highest BCUT2D eigenvalue weighted by atomic mass is 32.1. The Morgan fingerprint density at radius 3 is 2.42 bits per heavy atom. The predicted octanol–water partition coefficient (Wildman–Crippen LogP) is 5.54. The number of thiazole rings is 1. The Kier molecular flexibility index (Phi) is 4.35. The Bertz CT molecular complexity index is 1040. The first kappa shape index (κ1) is 16.6. The number of anilines is 1. The fraction of sp³-hybridized carbons (Fsp3) is 0.136. The van der Waals surface area contributed by atoms with Crippen LogP contribution in [0.25, 0.3) is 33.6 Å². The van der Waals surface area contributed by atoms with Crippen molar-refractivity contribution in [1.29, 1.82) is 0 Å². The second-order valence-corrected chi connectivity index (χ2v) is 7.56. The first-order chi connectivity index (χ1) is 12.6. The van der Waals surface area contributed by atoms with Crippen LogP contribution < -0.4 is 4.90 Å². The van der Waals surface area contributed by atoms with Gasteiger partial charge in [-0.1, -0.05) is 24.3 Å². The Labute approximate surface area is 157 Å². The minimum Gasteiger partial charge on any atom is -0.378 e. The van der Waals surface area contributed by atoms with E-state index >= 15 is 0 Å². The number of fused-ring (bicyclic) bond motifs is 1. The second kappa shape index (κ2) is 6.81. The van der Waals surface area contributed by atoms with E-state index in [0.29, 0.717) is 0 Å². The lowest BCUT2D eigenvalue weighted by atomic mass is 10.1. The van der Waals surface area contributed by atoms with E-state index in [0.717, 1.165) is 16.2 Å². The fourth-order valence-electron chi connectivity index (χ4n) is 3.03. The molecule has 0 fully saturated rings. The van der Waals surface area contributed by atoms with Crippen LogP contribution in [0.5, 0.6) is 0 Å². The first-order valence-corrected chi connectivity index (χ1v) is 9.40. The quantitative estimate of drug-likeness (QED) is 0.477. The normalized spacial score (nSPS) is 11.5. The summed E-state index contributed by atoms with van der Waals surface area (Å²) < 4.78 is 3.44. The van der Waals surface area contributed by atoms with Gasteiger partial charge < -0.3 is 9.47 Å². The monoisotopic (exact) mass is 359 g/mol. The minimum absolute atomic E-state index is 1.03. The van der Waals surface area contributed by atoms with Gasteiger partial charge in [-0.05, 0) is 54.1 Å². The molecule has 0 spiro atoms. The number of aromatic nitrogens is 2. The van der Waals surface area contributed by atoms with E-state index in [1.165, 1.54) is 21.6 Å². The number of rotatable bonds is 4. The molecule has 0 aliphatic rings. The summed E-state index contributed by atoms with van der Waals surface area (Å²) in [5.41, 5.74) is 5.86. The molecular formula is C22H21N3S. The van der Waals surface area contributed by atoms with Crippen LogP contribution in [0.1, 0.15) is 10.7 Å². The third-order valence-electron chi connectivity index (χ3n) is 4.55. The zero-order valence-corrected chi connectivity index (χ0v) is 16.0. The molecule has 2 aromatic carbocycles. The van der Waals surface area contributed by atoms with Crippen molar-refractivity contribution in [3.05, 3.63) is 71.4 Å². The second-order valence-electron chi connectivity index (χ2n) is 6.50. The van der Waals surface area contributed by atoms with E-state index in [1.807, 2.05) is 6.07 Å².